The first kappa shape index (κ1) is 7.76. The van der Waals surface area contributed by atoms with Crippen molar-refractivity contribution in [2.45, 2.75) is 6.92 Å². The summed E-state index contributed by atoms with van der Waals surface area (Å²) in [7, 11) is 0. The fraction of sp³-hybridized carbons (Fsp3) is 0.167. The Kier molecular flexibility index (Phi) is 2.11. The van der Waals surface area contributed by atoms with Gasteiger partial charge in [-0.3, -0.25) is 0 Å². The fourth-order valence-electron chi connectivity index (χ4n) is 0.531. The van der Waals surface area contributed by atoms with Crippen LogP contribution in [0.1, 0.15) is 5.56 Å². The van der Waals surface area contributed by atoms with E-state index in [1.54, 1.807) is 6.92 Å². The van der Waals surface area contributed by atoms with E-state index in [9.17, 15) is 4.39 Å². The first-order valence-corrected chi connectivity index (χ1v) is 3.34. The molecule has 0 amide bonds. The zero-order valence-corrected chi connectivity index (χ0v) is 6.67. The van der Waals surface area contributed by atoms with Gasteiger partial charge in [-0.25, -0.2) is 9.37 Å². The largest absolute Gasteiger partial charge is 0.241 e. The molecule has 1 aromatic rings. The second kappa shape index (κ2) is 2.72. The molecule has 0 N–H and O–H groups in total. The summed E-state index contributed by atoms with van der Waals surface area (Å²) in [4.78, 5) is 3.55. The fourth-order valence-corrected chi connectivity index (χ4v) is 0.860. The molecule has 0 saturated heterocycles. The van der Waals surface area contributed by atoms with Gasteiger partial charge >= 0.3 is 0 Å². The quantitative estimate of drug-likeness (QED) is 0.559. The third-order valence-corrected chi connectivity index (χ3v) is 1.82. The molecule has 1 aromatic heterocycles. The van der Waals surface area contributed by atoms with E-state index in [0.717, 1.165) is 0 Å². The van der Waals surface area contributed by atoms with Gasteiger partial charge in [0.25, 0.3) is 0 Å². The second-order valence-corrected chi connectivity index (χ2v) is 2.60. The Bertz CT molecular complexity index is 235. The zero-order valence-electron chi connectivity index (χ0n) is 5.16. The lowest BCUT2D eigenvalue weighted by atomic mass is 10.3. The van der Waals surface area contributed by atoms with Crippen LogP contribution in [-0.2, 0) is 0 Å². The van der Waals surface area contributed by atoms with Crippen LogP contribution in [0.25, 0.3) is 0 Å². The average molecular weight is 180 g/mol. The summed E-state index contributed by atoms with van der Waals surface area (Å²) in [6, 6.07) is 0. The number of hydrogen-bond donors (Lipinski definition) is 0. The highest BCUT2D eigenvalue weighted by Crippen LogP contribution is 2.22. The highest BCUT2D eigenvalue weighted by molar-refractivity contribution is 6.34. The molecule has 10 heavy (non-hydrogen) atoms. The van der Waals surface area contributed by atoms with Gasteiger partial charge in [-0.15, -0.1) is 0 Å². The lowest BCUT2D eigenvalue weighted by Crippen LogP contribution is -1.86. The minimum Gasteiger partial charge on any atom is -0.241 e. The number of pyridine rings is 1. The van der Waals surface area contributed by atoms with Gasteiger partial charge in [0.1, 0.15) is 0 Å². The number of halogens is 3. The summed E-state index contributed by atoms with van der Waals surface area (Å²) in [6.07, 6.45) is 1.42. The van der Waals surface area contributed by atoms with E-state index in [2.05, 4.69) is 4.98 Å². The van der Waals surface area contributed by atoms with Gasteiger partial charge in [0.2, 0.25) is 0 Å². The van der Waals surface area contributed by atoms with Crippen LogP contribution in [-0.4, -0.2) is 4.98 Å². The van der Waals surface area contributed by atoms with E-state index in [-0.39, 0.29) is 10.2 Å². The molecule has 1 nitrogen and oxygen atoms in total. The molecule has 0 atom stereocenters. The van der Waals surface area contributed by atoms with Gasteiger partial charge in [-0.2, -0.15) is 0 Å². The minimum atomic E-state index is -0.650. The Labute approximate surface area is 67.8 Å². The molecule has 0 radical (unpaired) electrons. The minimum absolute atomic E-state index is 0.0417. The maximum atomic E-state index is 12.7. The normalized spacial score (nSPS) is 10.0. The lowest BCUT2D eigenvalue weighted by Gasteiger charge is -1.97. The molecule has 1 rings (SSSR count). The molecule has 0 saturated carbocycles. The summed E-state index contributed by atoms with van der Waals surface area (Å²) in [6.45, 7) is 1.66. The molecule has 1 heterocycles. The van der Waals surface area contributed by atoms with Crippen molar-refractivity contribution in [2.24, 2.45) is 0 Å². The first-order chi connectivity index (χ1) is 4.63. The predicted molar refractivity (Wildman–Crippen MR) is 39.0 cm³/mol. The van der Waals surface area contributed by atoms with Crippen LogP contribution in [0.2, 0.25) is 10.2 Å². The van der Waals surface area contributed by atoms with Crippen molar-refractivity contribution in [2.75, 3.05) is 0 Å². The molecule has 0 spiro atoms. The molecular weight excluding hydrogens is 176 g/mol. The third kappa shape index (κ3) is 1.22. The highest BCUT2D eigenvalue weighted by Gasteiger charge is 2.07. The van der Waals surface area contributed by atoms with Gasteiger partial charge in [0.15, 0.2) is 11.0 Å². The van der Waals surface area contributed by atoms with Crippen LogP contribution < -0.4 is 0 Å². The van der Waals surface area contributed by atoms with Crippen molar-refractivity contribution >= 4 is 23.2 Å². The van der Waals surface area contributed by atoms with E-state index < -0.39 is 5.82 Å². The molecule has 4 heteroatoms. The van der Waals surface area contributed by atoms with E-state index in [0.29, 0.717) is 5.56 Å². The van der Waals surface area contributed by atoms with Crippen LogP contribution in [0.15, 0.2) is 6.20 Å². The van der Waals surface area contributed by atoms with Gasteiger partial charge in [-0.1, -0.05) is 23.2 Å². The Morgan fingerprint density at radius 3 is 2.60 bits per heavy atom. The Morgan fingerprint density at radius 2 is 2.10 bits per heavy atom. The maximum absolute atomic E-state index is 12.7. The summed E-state index contributed by atoms with van der Waals surface area (Å²) >= 11 is 10.8. The number of rotatable bonds is 0. The third-order valence-electron chi connectivity index (χ3n) is 1.09. The summed E-state index contributed by atoms with van der Waals surface area (Å²) < 4.78 is 12.7. The monoisotopic (exact) mass is 179 g/mol. The van der Waals surface area contributed by atoms with E-state index in [1.165, 1.54) is 6.20 Å². The molecule has 0 bridgehead atoms. The predicted octanol–water partition coefficient (Wildman–Crippen LogP) is 2.84. The van der Waals surface area contributed by atoms with E-state index in [1.807, 2.05) is 0 Å². The standard InChI is InChI=1S/C6H4Cl2FN/c1-3-2-10-6(8)5(9)4(3)7/h2H,1H3. The van der Waals surface area contributed by atoms with Crippen molar-refractivity contribution in [3.05, 3.63) is 27.8 Å². The SMILES string of the molecule is Cc1cnc(Cl)c(F)c1Cl. The summed E-state index contributed by atoms with van der Waals surface area (Å²) in [5, 5.41) is -0.143. The van der Waals surface area contributed by atoms with Crippen LogP contribution >= 0.6 is 23.2 Å². The first-order valence-electron chi connectivity index (χ1n) is 2.59. The van der Waals surface area contributed by atoms with E-state index >= 15 is 0 Å². The lowest BCUT2D eigenvalue weighted by molar-refractivity contribution is 0.621. The number of hydrogen-bond acceptors (Lipinski definition) is 1. The van der Waals surface area contributed by atoms with Gasteiger partial charge in [0.05, 0.1) is 5.02 Å². The summed E-state index contributed by atoms with van der Waals surface area (Å²) in [5.74, 6) is -0.650. The number of nitrogens with zero attached hydrogens (tertiary/aromatic N) is 1. The van der Waals surface area contributed by atoms with Crippen LogP contribution in [0, 0.1) is 12.7 Å². The molecule has 0 aliphatic heterocycles. The van der Waals surface area contributed by atoms with Crippen molar-refractivity contribution in [3.8, 4) is 0 Å². The van der Waals surface area contributed by atoms with Crippen molar-refractivity contribution < 1.29 is 4.39 Å². The van der Waals surface area contributed by atoms with Gasteiger partial charge in [-0.05, 0) is 12.5 Å². The van der Waals surface area contributed by atoms with E-state index in [4.69, 9.17) is 23.2 Å². The Hall–Kier alpha value is -0.340. The molecule has 0 unspecified atom stereocenters. The molecular formula is C6H4Cl2FN. The van der Waals surface area contributed by atoms with Crippen LogP contribution in [0.3, 0.4) is 0 Å². The Morgan fingerprint density at radius 1 is 1.50 bits per heavy atom. The topological polar surface area (TPSA) is 12.9 Å². The summed E-state index contributed by atoms with van der Waals surface area (Å²) in [5.41, 5.74) is 0.587. The van der Waals surface area contributed by atoms with Crippen LogP contribution in [0.4, 0.5) is 4.39 Å². The molecule has 0 aliphatic rings. The molecule has 0 aromatic carbocycles. The number of aryl methyl sites for hydroxylation is 1. The van der Waals surface area contributed by atoms with Gasteiger partial charge < -0.3 is 0 Å². The average Bonchev–Trinajstić information content (AvgIpc) is 1.93. The molecule has 54 valence electrons. The van der Waals surface area contributed by atoms with Gasteiger partial charge in [0, 0.05) is 6.20 Å². The molecule has 0 aliphatic carbocycles. The maximum Gasteiger partial charge on any atom is 0.179 e. The highest BCUT2D eigenvalue weighted by atomic mass is 35.5. The number of aromatic nitrogens is 1. The second-order valence-electron chi connectivity index (χ2n) is 1.86. The Balaban J connectivity index is 3.34. The zero-order chi connectivity index (χ0) is 7.72. The smallest absolute Gasteiger partial charge is 0.179 e. The van der Waals surface area contributed by atoms with Crippen molar-refractivity contribution in [1.29, 1.82) is 0 Å². The van der Waals surface area contributed by atoms with Crippen LogP contribution in [0.5, 0.6) is 0 Å². The molecule has 0 fully saturated rings. The van der Waals surface area contributed by atoms with Crippen molar-refractivity contribution in [1.82, 2.24) is 4.98 Å². The van der Waals surface area contributed by atoms with Crippen molar-refractivity contribution in [3.63, 3.8) is 0 Å².